The summed E-state index contributed by atoms with van der Waals surface area (Å²) >= 11 is 0. The number of ketones is 1. The average Bonchev–Trinajstić information content (AvgIpc) is 3.27. The third kappa shape index (κ3) is 3.78. The van der Waals surface area contributed by atoms with E-state index in [0.717, 1.165) is 11.3 Å². The number of benzene rings is 2. The Balaban J connectivity index is 1.92. The highest BCUT2D eigenvalue weighted by molar-refractivity contribution is 5.98. The van der Waals surface area contributed by atoms with E-state index < -0.39 is 0 Å². The summed E-state index contributed by atoms with van der Waals surface area (Å²) in [4.78, 5) is 17.0. The molecule has 1 aromatic heterocycles. The lowest BCUT2D eigenvalue weighted by atomic mass is 10.0. The molecule has 0 saturated carbocycles. The Labute approximate surface area is 163 Å². The van der Waals surface area contributed by atoms with Crippen LogP contribution in [-0.4, -0.2) is 43.8 Å². The van der Waals surface area contributed by atoms with Gasteiger partial charge in [-0.25, -0.2) is 4.98 Å². The summed E-state index contributed by atoms with van der Waals surface area (Å²) < 4.78 is 23.3. The van der Waals surface area contributed by atoms with Gasteiger partial charge < -0.3 is 23.5 Å². The highest BCUT2D eigenvalue weighted by Gasteiger charge is 2.17. The standard InChI is InChI=1S/C21H22N2O5/c1-25-18-6-5-15(12-16(18)23-8-7-22-13-23)17(24)9-14-10-19(26-2)21(28-4)20(11-14)27-3/h5-8,10-13H,9H2,1-4H3. The van der Waals surface area contributed by atoms with Crippen LogP contribution < -0.4 is 18.9 Å². The van der Waals surface area contributed by atoms with E-state index in [1.165, 1.54) is 0 Å². The second-order valence-electron chi connectivity index (χ2n) is 5.99. The summed E-state index contributed by atoms with van der Waals surface area (Å²) in [6, 6.07) is 8.87. The predicted molar refractivity (Wildman–Crippen MR) is 104 cm³/mol. The average molecular weight is 382 g/mol. The van der Waals surface area contributed by atoms with Crippen LogP contribution in [0.25, 0.3) is 5.69 Å². The maximum atomic E-state index is 12.9. The van der Waals surface area contributed by atoms with Gasteiger partial charge in [0.2, 0.25) is 5.75 Å². The normalized spacial score (nSPS) is 10.4. The Morgan fingerprint density at radius 2 is 1.61 bits per heavy atom. The van der Waals surface area contributed by atoms with Crippen LogP contribution in [0, 0.1) is 0 Å². The molecule has 0 amide bonds. The molecule has 1 heterocycles. The van der Waals surface area contributed by atoms with E-state index in [1.54, 1.807) is 82.1 Å². The molecule has 0 aliphatic carbocycles. The van der Waals surface area contributed by atoms with Crippen LogP contribution >= 0.6 is 0 Å². The van der Waals surface area contributed by atoms with E-state index in [-0.39, 0.29) is 12.2 Å². The van der Waals surface area contributed by atoms with Crippen molar-refractivity contribution in [2.24, 2.45) is 0 Å². The molecule has 3 rings (SSSR count). The minimum absolute atomic E-state index is 0.0432. The summed E-state index contributed by atoms with van der Waals surface area (Å²) in [5.41, 5.74) is 2.08. The van der Waals surface area contributed by atoms with Crippen molar-refractivity contribution >= 4 is 5.78 Å². The number of carbonyl (C=O) groups excluding carboxylic acids is 1. The molecule has 0 aliphatic rings. The first-order valence-electron chi connectivity index (χ1n) is 8.59. The van der Waals surface area contributed by atoms with Gasteiger partial charge in [0.1, 0.15) is 5.75 Å². The fourth-order valence-corrected chi connectivity index (χ4v) is 2.99. The molecule has 0 saturated heterocycles. The monoisotopic (exact) mass is 382 g/mol. The van der Waals surface area contributed by atoms with Gasteiger partial charge >= 0.3 is 0 Å². The van der Waals surface area contributed by atoms with Gasteiger partial charge in [-0.1, -0.05) is 0 Å². The first-order valence-corrected chi connectivity index (χ1v) is 8.59. The molecule has 0 unspecified atom stereocenters. The number of carbonyl (C=O) groups is 1. The molecule has 0 aliphatic heterocycles. The Kier molecular flexibility index (Phi) is 5.84. The van der Waals surface area contributed by atoms with Crippen molar-refractivity contribution in [2.45, 2.75) is 6.42 Å². The van der Waals surface area contributed by atoms with E-state index in [1.807, 2.05) is 0 Å². The zero-order valence-corrected chi connectivity index (χ0v) is 16.3. The van der Waals surface area contributed by atoms with Crippen molar-refractivity contribution in [2.75, 3.05) is 28.4 Å². The molecule has 28 heavy (non-hydrogen) atoms. The fraction of sp³-hybridized carbons (Fsp3) is 0.238. The van der Waals surface area contributed by atoms with Gasteiger partial charge in [0.05, 0.1) is 40.5 Å². The smallest absolute Gasteiger partial charge is 0.203 e. The lowest BCUT2D eigenvalue weighted by Gasteiger charge is -2.14. The lowest BCUT2D eigenvalue weighted by molar-refractivity contribution is 0.0993. The molecule has 7 heteroatoms. The van der Waals surface area contributed by atoms with E-state index in [9.17, 15) is 4.79 Å². The number of rotatable bonds is 8. The van der Waals surface area contributed by atoms with Gasteiger partial charge in [0.15, 0.2) is 17.3 Å². The molecule has 0 radical (unpaired) electrons. The van der Waals surface area contributed by atoms with Gasteiger partial charge in [0.25, 0.3) is 0 Å². The van der Waals surface area contributed by atoms with Gasteiger partial charge in [0, 0.05) is 24.4 Å². The van der Waals surface area contributed by atoms with Gasteiger partial charge in [-0.3, -0.25) is 4.79 Å². The lowest BCUT2D eigenvalue weighted by Crippen LogP contribution is -2.06. The summed E-state index contributed by atoms with van der Waals surface area (Å²) in [7, 11) is 6.22. The second-order valence-corrected chi connectivity index (χ2v) is 5.99. The minimum atomic E-state index is -0.0432. The van der Waals surface area contributed by atoms with Crippen LogP contribution in [0.15, 0.2) is 49.1 Å². The molecule has 0 fully saturated rings. The van der Waals surface area contributed by atoms with Crippen molar-refractivity contribution in [3.63, 3.8) is 0 Å². The van der Waals surface area contributed by atoms with Crippen LogP contribution in [0.1, 0.15) is 15.9 Å². The Bertz CT molecular complexity index is 942. The molecule has 2 aromatic carbocycles. The van der Waals surface area contributed by atoms with Crippen molar-refractivity contribution in [1.82, 2.24) is 9.55 Å². The van der Waals surface area contributed by atoms with Gasteiger partial charge in [-0.2, -0.15) is 0 Å². The van der Waals surface area contributed by atoms with E-state index >= 15 is 0 Å². The zero-order chi connectivity index (χ0) is 20.1. The third-order valence-electron chi connectivity index (χ3n) is 4.37. The molecule has 0 atom stereocenters. The fourth-order valence-electron chi connectivity index (χ4n) is 2.99. The number of Topliss-reactive ketones (excluding diaryl/α,β-unsaturated/α-hetero) is 1. The van der Waals surface area contributed by atoms with Crippen LogP contribution in [-0.2, 0) is 6.42 Å². The SMILES string of the molecule is COc1ccc(C(=O)Cc2cc(OC)c(OC)c(OC)c2)cc1-n1ccnc1. The first kappa shape index (κ1) is 19.3. The molecular formula is C21H22N2O5. The quantitative estimate of drug-likeness (QED) is 0.557. The van der Waals surface area contributed by atoms with Crippen molar-refractivity contribution < 1.29 is 23.7 Å². The van der Waals surface area contributed by atoms with Crippen molar-refractivity contribution in [1.29, 1.82) is 0 Å². The highest BCUT2D eigenvalue weighted by atomic mass is 16.5. The van der Waals surface area contributed by atoms with E-state index in [4.69, 9.17) is 18.9 Å². The number of nitrogens with zero attached hydrogens (tertiary/aromatic N) is 2. The summed E-state index contributed by atoms with van der Waals surface area (Å²) in [6.07, 6.45) is 5.31. The Morgan fingerprint density at radius 1 is 0.929 bits per heavy atom. The maximum Gasteiger partial charge on any atom is 0.203 e. The molecule has 7 nitrogen and oxygen atoms in total. The number of ether oxygens (including phenoxy) is 4. The van der Waals surface area contributed by atoms with Crippen LogP contribution in [0.4, 0.5) is 0 Å². The van der Waals surface area contributed by atoms with Gasteiger partial charge in [-0.15, -0.1) is 0 Å². The topological polar surface area (TPSA) is 71.8 Å². The van der Waals surface area contributed by atoms with Crippen LogP contribution in [0.2, 0.25) is 0 Å². The van der Waals surface area contributed by atoms with Crippen LogP contribution in [0.5, 0.6) is 23.0 Å². The summed E-state index contributed by atoms with van der Waals surface area (Å²) in [6.45, 7) is 0. The maximum absolute atomic E-state index is 12.9. The Hall–Kier alpha value is -3.48. The first-order chi connectivity index (χ1) is 13.6. The second kappa shape index (κ2) is 8.47. The largest absolute Gasteiger partial charge is 0.495 e. The van der Waals surface area contributed by atoms with Crippen molar-refractivity contribution in [3.8, 4) is 28.7 Å². The summed E-state index contributed by atoms with van der Waals surface area (Å²) in [5, 5.41) is 0. The van der Waals surface area contributed by atoms with Crippen LogP contribution in [0.3, 0.4) is 0 Å². The number of imidazole rings is 1. The van der Waals surface area contributed by atoms with Crippen molar-refractivity contribution in [3.05, 3.63) is 60.2 Å². The number of hydrogen-bond donors (Lipinski definition) is 0. The zero-order valence-electron chi connectivity index (χ0n) is 16.3. The third-order valence-corrected chi connectivity index (χ3v) is 4.37. The molecular weight excluding hydrogens is 360 g/mol. The molecule has 146 valence electrons. The minimum Gasteiger partial charge on any atom is -0.495 e. The van der Waals surface area contributed by atoms with E-state index in [2.05, 4.69) is 4.98 Å². The summed E-state index contributed by atoms with van der Waals surface area (Å²) in [5.74, 6) is 2.13. The molecule has 3 aromatic rings. The molecule has 0 N–H and O–H groups in total. The molecule has 0 spiro atoms. The number of methoxy groups -OCH3 is 4. The Morgan fingerprint density at radius 3 is 2.14 bits per heavy atom. The number of aromatic nitrogens is 2. The van der Waals surface area contributed by atoms with E-state index in [0.29, 0.717) is 28.6 Å². The highest BCUT2D eigenvalue weighted by Crippen LogP contribution is 2.38. The van der Waals surface area contributed by atoms with Gasteiger partial charge in [-0.05, 0) is 35.9 Å². The number of hydrogen-bond acceptors (Lipinski definition) is 6. The molecule has 0 bridgehead atoms. The predicted octanol–water partition coefficient (Wildman–Crippen LogP) is 3.33.